The number of hydroxylamine groups is 2. The molecule has 2 aliphatic carbocycles. The van der Waals surface area contributed by atoms with Gasteiger partial charge >= 0.3 is 35.5 Å². The number of benzene rings is 1. The van der Waals surface area contributed by atoms with E-state index in [0.717, 1.165) is 0 Å². The molecule has 0 saturated carbocycles. The van der Waals surface area contributed by atoms with Gasteiger partial charge in [0.25, 0.3) is 11.6 Å². The maximum absolute atomic E-state index is 11.9. The molecule has 0 radical (unpaired) electrons. The van der Waals surface area contributed by atoms with Crippen molar-refractivity contribution >= 4 is 23.8 Å². The number of amides is 2. The van der Waals surface area contributed by atoms with Gasteiger partial charge < -0.3 is 20.0 Å². The number of fused-ring (bicyclic) bond motifs is 1. The van der Waals surface area contributed by atoms with Crippen LogP contribution in [0.4, 0.5) is 0 Å². The summed E-state index contributed by atoms with van der Waals surface area (Å²) >= 11 is 0. The number of carboxylic acid groups (broad SMARTS) is 1. The quantitative estimate of drug-likeness (QED) is 0.428. The Hall–Kier alpha value is -1.94. The molecule has 1 N–H and O–H groups in total. The number of carbonyl (C=O) groups is 4. The number of cyclic esters (lactones) is 1. The minimum atomic E-state index is -2.25. The van der Waals surface area contributed by atoms with Crippen molar-refractivity contribution in [2.45, 2.75) is 31.5 Å². The Morgan fingerprint density at radius 2 is 1.81 bits per heavy atom. The van der Waals surface area contributed by atoms with Crippen molar-refractivity contribution in [2.24, 2.45) is 0 Å². The summed E-state index contributed by atoms with van der Waals surface area (Å²) in [6.07, 6.45) is -0.418. The number of nitrogens with one attached hydrogen (secondary N) is 1. The number of carbonyl (C=O) groups excluding carboxylic acids is 4. The average molecular weight is 370 g/mol. The number of nitrogens with zero attached hydrogens (tertiary/aromatic N) is 1. The molecule has 2 atom stereocenters. The molecule has 4 aliphatic rings. The third kappa shape index (κ3) is 3.61. The molecule has 4 rings (SSSR count). The first-order chi connectivity index (χ1) is 11.8. The van der Waals surface area contributed by atoms with Crippen molar-refractivity contribution in [2.75, 3.05) is 6.61 Å². The van der Waals surface area contributed by atoms with Gasteiger partial charge in [-0.3, -0.25) is 19.2 Å². The van der Waals surface area contributed by atoms with Crippen LogP contribution in [0.1, 0.15) is 19.8 Å². The number of hydrogen-bond acceptors (Lipinski definition) is 7. The van der Waals surface area contributed by atoms with Crippen LogP contribution in [0.2, 0.25) is 0 Å². The van der Waals surface area contributed by atoms with Crippen molar-refractivity contribution in [3.8, 4) is 11.1 Å². The van der Waals surface area contributed by atoms with Crippen LogP contribution in [0.25, 0.3) is 11.1 Å². The normalized spacial score (nSPS) is 24.8. The number of hydrogen-bond donors (Lipinski definition) is 1. The van der Waals surface area contributed by atoms with Crippen LogP contribution in [0, 0.1) is 0 Å². The second-order valence-corrected chi connectivity index (χ2v) is 5.80. The minimum Gasteiger partial charge on any atom is -0.544 e. The molecule has 0 bridgehead atoms. The van der Waals surface area contributed by atoms with Crippen LogP contribution in [0.5, 0.6) is 0 Å². The van der Waals surface area contributed by atoms with Gasteiger partial charge in [0.05, 0.1) is 6.42 Å². The smallest absolute Gasteiger partial charge is 0.544 e. The average Bonchev–Trinajstić information content (AvgIpc) is 3.08. The van der Waals surface area contributed by atoms with Crippen LogP contribution in [0.3, 0.4) is 0 Å². The van der Waals surface area contributed by atoms with E-state index < -0.39 is 35.5 Å². The Kier molecular flexibility index (Phi) is 6.07. The van der Waals surface area contributed by atoms with Gasteiger partial charge in [0.1, 0.15) is 18.6 Å². The zero-order chi connectivity index (χ0) is 18.2. The Balaban J connectivity index is 0.000000289. The van der Waals surface area contributed by atoms with E-state index in [-0.39, 0.29) is 49.0 Å². The molecule has 1 unspecified atom stereocenters. The second-order valence-electron chi connectivity index (χ2n) is 5.80. The molecule has 2 aliphatic heterocycles. The number of aliphatic carboxylic acids is 1. The first-order valence-electron chi connectivity index (χ1n) is 7.61. The number of ether oxygens (including phenoxy) is 1. The van der Waals surface area contributed by atoms with E-state index in [1.807, 2.05) is 0 Å². The summed E-state index contributed by atoms with van der Waals surface area (Å²) in [5.74, 6) is -3.76. The van der Waals surface area contributed by atoms with Gasteiger partial charge in [-0.2, -0.15) is 5.06 Å². The fourth-order valence-electron chi connectivity index (χ4n) is 2.65. The van der Waals surface area contributed by atoms with Crippen LogP contribution in [-0.2, 0) is 28.8 Å². The topological polar surface area (TPSA) is 125 Å². The summed E-state index contributed by atoms with van der Waals surface area (Å²) in [5.41, 5.74) is 0.603. The zero-order valence-corrected chi connectivity index (χ0v) is 16.3. The standard InChI is InChI=1S/C10H12N2O7.C6H4.Na/c1-5(13)11-6-4-18-12(8(6)15)10(9(16)17)3-2-7(14)19-10;1-2-6-4-3-5(1)6;/h6H,2-4H2,1H3,(H,11,13)(H,16,17);1-4H;/q;;+1/p-1/t6-,10?;;/m1../s1. The zero-order valence-electron chi connectivity index (χ0n) is 14.3. The van der Waals surface area contributed by atoms with Gasteiger partial charge in [-0.05, 0) is 11.1 Å². The summed E-state index contributed by atoms with van der Waals surface area (Å²) in [7, 11) is 0. The van der Waals surface area contributed by atoms with Crippen LogP contribution >= 0.6 is 0 Å². The van der Waals surface area contributed by atoms with Gasteiger partial charge in [-0.25, -0.2) is 0 Å². The SMILES string of the molecule is CC(=O)N[C@@H]1CON(C2(C(=O)[O-])CCC(=O)O2)C1=O.[Na+].c1cc2ccc1-2. The van der Waals surface area contributed by atoms with Crippen LogP contribution in [-0.4, -0.2) is 47.2 Å². The molecule has 0 aromatic carbocycles. The molecule has 0 aromatic rings. The van der Waals surface area contributed by atoms with Gasteiger partial charge in [-0.15, -0.1) is 0 Å². The van der Waals surface area contributed by atoms with E-state index in [1.54, 1.807) is 0 Å². The first-order valence-corrected chi connectivity index (χ1v) is 7.61. The van der Waals surface area contributed by atoms with E-state index in [1.165, 1.54) is 18.1 Å². The molecule has 2 saturated heterocycles. The van der Waals surface area contributed by atoms with Crippen LogP contribution < -0.4 is 40.0 Å². The Morgan fingerprint density at radius 1 is 1.23 bits per heavy atom. The molecule has 0 spiro atoms. The summed E-state index contributed by atoms with van der Waals surface area (Å²) in [4.78, 5) is 50.1. The number of esters is 1. The van der Waals surface area contributed by atoms with Crippen molar-refractivity contribution in [1.29, 1.82) is 0 Å². The van der Waals surface area contributed by atoms with E-state index >= 15 is 0 Å². The van der Waals surface area contributed by atoms with E-state index in [4.69, 9.17) is 4.84 Å². The number of rotatable bonds is 3. The monoisotopic (exact) mass is 370 g/mol. The molecular formula is C16H15N2NaO7. The Morgan fingerprint density at radius 3 is 2.15 bits per heavy atom. The van der Waals surface area contributed by atoms with Crippen molar-refractivity contribution < 1.29 is 63.4 Å². The van der Waals surface area contributed by atoms with Gasteiger partial charge in [0.15, 0.2) is 0 Å². The molecular weight excluding hydrogens is 355 g/mol. The minimum absolute atomic E-state index is 0. The Bertz CT molecular complexity index is 730. The molecule has 9 nitrogen and oxygen atoms in total. The Labute approximate surface area is 170 Å². The summed E-state index contributed by atoms with van der Waals surface area (Å²) in [6.45, 7) is 0.977. The molecule has 2 heterocycles. The summed E-state index contributed by atoms with van der Waals surface area (Å²) in [6, 6.07) is 7.48. The molecule has 26 heavy (non-hydrogen) atoms. The maximum atomic E-state index is 11.9. The third-order valence-electron chi connectivity index (χ3n) is 4.06. The molecule has 132 valence electrons. The van der Waals surface area contributed by atoms with Crippen LogP contribution in [0.15, 0.2) is 24.3 Å². The largest absolute Gasteiger partial charge is 1.00 e. The van der Waals surface area contributed by atoms with E-state index in [0.29, 0.717) is 5.06 Å². The summed E-state index contributed by atoms with van der Waals surface area (Å²) in [5, 5.41) is 14.0. The first kappa shape index (κ1) is 20.4. The summed E-state index contributed by atoms with van der Waals surface area (Å²) < 4.78 is 4.68. The fourth-order valence-corrected chi connectivity index (χ4v) is 2.65. The maximum Gasteiger partial charge on any atom is 1.00 e. The second kappa shape index (κ2) is 7.75. The van der Waals surface area contributed by atoms with E-state index in [9.17, 15) is 24.3 Å². The molecule has 2 amide bonds. The molecule has 10 heteroatoms. The van der Waals surface area contributed by atoms with Gasteiger partial charge in [-0.1, -0.05) is 24.3 Å². The van der Waals surface area contributed by atoms with Crippen molar-refractivity contribution in [3.05, 3.63) is 24.3 Å². The fraction of sp³-hybridized carbons (Fsp3) is 0.375. The third-order valence-corrected chi connectivity index (χ3v) is 4.06. The van der Waals surface area contributed by atoms with Crippen molar-refractivity contribution in [3.63, 3.8) is 0 Å². The molecule has 2 fully saturated rings. The van der Waals surface area contributed by atoms with Gasteiger partial charge in [0, 0.05) is 13.3 Å². The molecule has 0 aromatic heterocycles. The number of carboxylic acids is 1. The van der Waals surface area contributed by atoms with E-state index in [2.05, 4.69) is 34.3 Å². The van der Waals surface area contributed by atoms with Crippen molar-refractivity contribution in [1.82, 2.24) is 10.4 Å². The predicted molar refractivity (Wildman–Crippen MR) is 78.9 cm³/mol. The predicted octanol–water partition coefficient (Wildman–Crippen LogP) is -4.28. The van der Waals surface area contributed by atoms with Gasteiger partial charge in [0.2, 0.25) is 5.91 Å².